The molecule has 15 heteroatoms. The van der Waals surface area contributed by atoms with Crippen molar-refractivity contribution >= 4 is 11.6 Å². The summed E-state index contributed by atoms with van der Waals surface area (Å²) in [6, 6.07) is 1.34. The van der Waals surface area contributed by atoms with Gasteiger partial charge in [-0.1, -0.05) is 0 Å². The molecule has 33 heavy (non-hydrogen) atoms. The number of hydrogen-bond acceptors (Lipinski definition) is 10. The number of anilines is 2. The Labute approximate surface area is 190 Å². The van der Waals surface area contributed by atoms with Crippen molar-refractivity contribution < 1.29 is 38.0 Å². The van der Waals surface area contributed by atoms with Crippen LogP contribution in [0.4, 0.5) is 11.6 Å². The number of nitrogens with zero attached hydrogens (tertiary/aromatic N) is 6. The second-order valence-electron chi connectivity index (χ2n) is 7.20. The zero-order valence-electron chi connectivity index (χ0n) is 18.5. The summed E-state index contributed by atoms with van der Waals surface area (Å²) in [7, 11) is -0.521. The van der Waals surface area contributed by atoms with Crippen molar-refractivity contribution in [3.05, 3.63) is 68.3 Å². The van der Waals surface area contributed by atoms with Gasteiger partial charge in [-0.15, -0.1) is 0 Å². The fourth-order valence-corrected chi connectivity index (χ4v) is 2.86. The number of nitrogen functional groups attached to an aromatic ring is 2. The van der Waals surface area contributed by atoms with Gasteiger partial charge in [0.05, 0.1) is 38.3 Å². The summed E-state index contributed by atoms with van der Waals surface area (Å²) < 4.78 is 36.4. The minimum atomic E-state index is -4.19. The molecule has 0 fully saturated rings. The number of nitrogens with two attached hydrogens (primary N) is 2. The molecule has 0 saturated heterocycles. The van der Waals surface area contributed by atoms with Crippen molar-refractivity contribution in [3.8, 4) is 0 Å². The van der Waals surface area contributed by atoms with Crippen LogP contribution < -0.4 is 36.5 Å². The molecule has 0 spiro atoms. The third-order valence-electron chi connectivity index (χ3n) is 4.75. The molecule has 0 unspecified atom stereocenters. The Bertz CT molecular complexity index is 1280. The first-order valence-electron chi connectivity index (χ1n) is 9.37. The first kappa shape index (κ1) is 25.8. The maximum atomic E-state index is 12.9. The minimum absolute atomic E-state index is 0.0286. The van der Waals surface area contributed by atoms with Crippen molar-refractivity contribution in [2.45, 2.75) is 26.9 Å². The second-order valence-corrected chi connectivity index (χ2v) is 8.07. The molecule has 0 amide bonds. The van der Waals surface area contributed by atoms with Gasteiger partial charge in [0, 0.05) is 26.1 Å². The first-order chi connectivity index (χ1) is 15.2. The molecular formula is C18H27ClN8O6+2. The first-order valence-corrected chi connectivity index (χ1v) is 10.7. The molecule has 0 aromatic carbocycles. The van der Waals surface area contributed by atoms with Gasteiger partial charge >= 0.3 is 34.6 Å². The summed E-state index contributed by atoms with van der Waals surface area (Å²) in [6.07, 6.45) is 5.04. The molecular weight excluding hydrogens is 460 g/mol. The number of aromatic nitrogens is 6. The summed E-state index contributed by atoms with van der Waals surface area (Å²) in [5.74, 6) is 2.12. The van der Waals surface area contributed by atoms with Gasteiger partial charge in [-0.05, 0) is 9.97 Å². The predicted molar refractivity (Wildman–Crippen MR) is 109 cm³/mol. The predicted octanol–water partition coefficient (Wildman–Crippen LogP) is -4.53. The topological polar surface area (TPSA) is 213 Å². The van der Waals surface area contributed by atoms with Gasteiger partial charge < -0.3 is 11.5 Å². The molecule has 0 aliphatic carbocycles. The van der Waals surface area contributed by atoms with Crippen molar-refractivity contribution in [2.24, 2.45) is 14.1 Å². The zero-order chi connectivity index (χ0) is 25.1. The van der Waals surface area contributed by atoms with E-state index in [4.69, 9.17) is 30.1 Å². The van der Waals surface area contributed by atoms with E-state index in [2.05, 4.69) is 9.97 Å². The van der Waals surface area contributed by atoms with Crippen LogP contribution in [0.3, 0.4) is 0 Å². The Morgan fingerprint density at radius 2 is 1.39 bits per heavy atom. The molecule has 0 radical (unpaired) electrons. The van der Waals surface area contributed by atoms with Crippen LogP contribution in [-0.4, -0.2) is 33.1 Å². The van der Waals surface area contributed by atoms with Gasteiger partial charge in [-0.3, -0.25) is 13.9 Å². The molecule has 180 valence electrons. The molecule has 3 heterocycles. The van der Waals surface area contributed by atoms with Crippen LogP contribution in [0.15, 0.2) is 34.2 Å². The maximum absolute atomic E-state index is 12.9. The molecule has 0 saturated carbocycles. The fourth-order valence-electron chi connectivity index (χ4n) is 2.86. The van der Waals surface area contributed by atoms with Crippen LogP contribution in [-0.2, 0) is 27.2 Å². The van der Waals surface area contributed by atoms with Crippen LogP contribution in [0.5, 0.6) is 0 Å². The van der Waals surface area contributed by atoms with Crippen molar-refractivity contribution in [1.29, 1.82) is 0 Å². The van der Waals surface area contributed by atoms with Crippen LogP contribution >= 0.6 is 0 Å². The number of aryl methyl sites for hydroxylation is 4. The van der Waals surface area contributed by atoms with Crippen molar-refractivity contribution in [3.63, 3.8) is 0 Å². The van der Waals surface area contributed by atoms with E-state index in [9.17, 15) is 9.59 Å². The Kier molecular flexibility index (Phi) is 7.84. The Hall–Kier alpha value is -3.43. The van der Waals surface area contributed by atoms with Gasteiger partial charge in [-0.2, -0.15) is 0 Å². The molecule has 14 nitrogen and oxygen atoms in total. The van der Waals surface area contributed by atoms with E-state index < -0.39 is 21.5 Å². The van der Waals surface area contributed by atoms with Gasteiger partial charge in [0.1, 0.15) is 12.4 Å². The van der Waals surface area contributed by atoms with Gasteiger partial charge in [0.15, 0.2) is 0 Å². The number of rotatable bonds is 4. The molecule has 0 aliphatic heterocycles. The van der Waals surface area contributed by atoms with Gasteiger partial charge in [-0.25, -0.2) is 13.9 Å². The van der Waals surface area contributed by atoms with Crippen LogP contribution in [0.2, 0.25) is 0 Å². The summed E-state index contributed by atoms with van der Waals surface area (Å²) in [4.78, 5) is 33.7. The summed E-state index contributed by atoms with van der Waals surface area (Å²) in [6.45, 7) is 3.89. The SMILES string of the molecule is Cc1nc(N)c(Cn2ccc(=O)n(Cc3c[n+](C)c(C)nc3N)c2=O)c[n+]1C.[O-][Cl+](O)(O)O. The standard InChI is InChI=1S/C18H22N8O2.ClH3O4/c1-11-21-16(19)13(7-23(11)3)9-25-6-5-15(27)26(18(25)28)10-14-8-24(4)12(2)22-17(14)20;2-1(3,4)5/h5-8,19-20H,9-10H2,1-4H3;2-4H/p+2. The zero-order valence-corrected chi connectivity index (χ0v) is 19.3. The molecule has 0 aliphatic rings. The Balaban J connectivity index is 0.000000696. The van der Waals surface area contributed by atoms with E-state index >= 15 is 0 Å². The Morgan fingerprint density at radius 1 is 0.970 bits per heavy atom. The summed E-state index contributed by atoms with van der Waals surface area (Å²) in [5, 5.41) is 0. The number of hydrogen-bond donors (Lipinski definition) is 5. The Morgan fingerprint density at radius 3 is 1.85 bits per heavy atom. The molecule has 3 aromatic rings. The molecule has 0 atom stereocenters. The number of halogens is 1. The van der Waals surface area contributed by atoms with E-state index in [1.54, 1.807) is 10.8 Å². The third kappa shape index (κ3) is 7.03. The average molecular weight is 487 g/mol. The quantitative estimate of drug-likeness (QED) is 0.223. The second kappa shape index (κ2) is 10.0. The van der Waals surface area contributed by atoms with E-state index in [-0.39, 0.29) is 18.9 Å². The van der Waals surface area contributed by atoms with Crippen LogP contribution in [0.1, 0.15) is 22.8 Å². The average Bonchev–Trinajstić information content (AvgIpc) is 2.67. The summed E-state index contributed by atoms with van der Waals surface area (Å²) in [5.41, 5.74) is 12.4. The molecule has 0 bridgehead atoms. The summed E-state index contributed by atoms with van der Waals surface area (Å²) >= 11 is 0. The fraction of sp³-hybridized carbons (Fsp3) is 0.333. The van der Waals surface area contributed by atoms with E-state index in [1.807, 2.05) is 38.7 Å². The third-order valence-corrected chi connectivity index (χ3v) is 4.75. The van der Waals surface area contributed by atoms with E-state index in [0.717, 1.165) is 16.2 Å². The van der Waals surface area contributed by atoms with Gasteiger partial charge in [0.2, 0.25) is 11.6 Å². The van der Waals surface area contributed by atoms with Gasteiger partial charge in [0.25, 0.3) is 17.2 Å². The van der Waals surface area contributed by atoms with E-state index in [0.29, 0.717) is 16.9 Å². The monoisotopic (exact) mass is 486 g/mol. The normalized spacial score (nSPS) is 11.6. The molecule has 3 rings (SSSR count). The molecule has 3 aromatic heterocycles. The van der Waals surface area contributed by atoms with E-state index in [1.165, 1.54) is 16.8 Å². The van der Waals surface area contributed by atoms with Crippen LogP contribution in [0.25, 0.3) is 0 Å². The van der Waals surface area contributed by atoms with Crippen molar-refractivity contribution in [2.75, 3.05) is 11.5 Å². The molecule has 7 N–H and O–H groups in total. The van der Waals surface area contributed by atoms with Crippen molar-refractivity contribution in [1.82, 2.24) is 19.1 Å². The van der Waals surface area contributed by atoms with Crippen LogP contribution in [0, 0.1) is 24.1 Å².